The van der Waals surface area contributed by atoms with Crippen molar-refractivity contribution in [1.29, 1.82) is 0 Å². The molecule has 4 nitrogen and oxygen atoms in total. The van der Waals surface area contributed by atoms with E-state index < -0.39 is 0 Å². The van der Waals surface area contributed by atoms with Crippen molar-refractivity contribution in [2.75, 3.05) is 6.54 Å². The Kier molecular flexibility index (Phi) is 5.18. The molecule has 1 aromatic rings. The second kappa shape index (κ2) is 6.19. The van der Waals surface area contributed by atoms with Gasteiger partial charge in [0.25, 0.3) is 5.91 Å². The SMILES string of the molecule is CCc1nn(C)cc1C(=O)NCC(Br)C(C)C. The normalized spacial score (nSPS) is 12.8. The van der Waals surface area contributed by atoms with Crippen LogP contribution in [-0.2, 0) is 13.5 Å². The Morgan fingerprint density at radius 3 is 2.76 bits per heavy atom. The van der Waals surface area contributed by atoms with E-state index in [9.17, 15) is 4.79 Å². The molecule has 0 bridgehead atoms. The highest BCUT2D eigenvalue weighted by Crippen LogP contribution is 2.11. The Morgan fingerprint density at radius 1 is 1.59 bits per heavy atom. The van der Waals surface area contributed by atoms with Crippen molar-refractivity contribution in [2.24, 2.45) is 13.0 Å². The topological polar surface area (TPSA) is 46.9 Å². The van der Waals surface area contributed by atoms with E-state index in [1.54, 1.807) is 10.9 Å². The van der Waals surface area contributed by atoms with Gasteiger partial charge in [-0.3, -0.25) is 9.48 Å². The number of hydrogen-bond acceptors (Lipinski definition) is 2. The van der Waals surface area contributed by atoms with Gasteiger partial charge >= 0.3 is 0 Å². The summed E-state index contributed by atoms with van der Waals surface area (Å²) in [6, 6.07) is 0. The average molecular weight is 302 g/mol. The van der Waals surface area contributed by atoms with Gasteiger partial charge in [0.1, 0.15) is 0 Å². The van der Waals surface area contributed by atoms with Gasteiger partial charge in [-0.15, -0.1) is 0 Å². The van der Waals surface area contributed by atoms with Gasteiger partial charge in [0.2, 0.25) is 0 Å². The molecule has 0 fully saturated rings. The lowest BCUT2D eigenvalue weighted by Crippen LogP contribution is -2.32. The predicted molar refractivity (Wildman–Crippen MR) is 72.5 cm³/mol. The van der Waals surface area contributed by atoms with Crippen LogP contribution >= 0.6 is 15.9 Å². The molecule has 1 unspecified atom stereocenters. The third-order valence-corrected chi connectivity index (χ3v) is 4.05. The number of halogens is 1. The number of hydrogen-bond donors (Lipinski definition) is 1. The molecule has 96 valence electrons. The van der Waals surface area contributed by atoms with Crippen LogP contribution in [0.15, 0.2) is 6.20 Å². The van der Waals surface area contributed by atoms with Gasteiger partial charge in [-0.2, -0.15) is 5.10 Å². The van der Waals surface area contributed by atoms with E-state index in [0.717, 1.165) is 12.1 Å². The van der Waals surface area contributed by atoms with Gasteiger partial charge in [-0.05, 0) is 12.3 Å². The molecule has 0 aliphatic heterocycles. The van der Waals surface area contributed by atoms with Crippen LogP contribution in [0, 0.1) is 5.92 Å². The zero-order valence-electron chi connectivity index (χ0n) is 10.8. The summed E-state index contributed by atoms with van der Waals surface area (Å²) in [6.07, 6.45) is 2.54. The fourth-order valence-corrected chi connectivity index (χ4v) is 1.67. The molecule has 1 aromatic heterocycles. The van der Waals surface area contributed by atoms with Crippen LogP contribution in [0.2, 0.25) is 0 Å². The summed E-state index contributed by atoms with van der Waals surface area (Å²) in [6.45, 7) is 6.87. The minimum absolute atomic E-state index is 0.0416. The number of aryl methyl sites for hydroxylation is 2. The quantitative estimate of drug-likeness (QED) is 0.847. The lowest BCUT2D eigenvalue weighted by Gasteiger charge is -2.14. The number of alkyl halides is 1. The molecule has 1 rings (SSSR count). The zero-order chi connectivity index (χ0) is 13.0. The highest BCUT2D eigenvalue weighted by molar-refractivity contribution is 9.09. The zero-order valence-corrected chi connectivity index (χ0v) is 12.4. The molecule has 5 heteroatoms. The standard InChI is InChI=1S/C12H20BrN3O/c1-5-11-9(7-16(4)15-11)12(17)14-6-10(13)8(2)3/h7-8,10H,5-6H2,1-4H3,(H,14,17). The maximum atomic E-state index is 12.0. The maximum Gasteiger partial charge on any atom is 0.254 e. The Hall–Kier alpha value is -0.840. The Balaban J connectivity index is 2.63. The van der Waals surface area contributed by atoms with Gasteiger partial charge in [-0.25, -0.2) is 0 Å². The smallest absolute Gasteiger partial charge is 0.254 e. The number of carbonyl (C=O) groups excluding carboxylic acids is 1. The van der Waals surface area contributed by atoms with Crippen LogP contribution in [0.1, 0.15) is 36.8 Å². The first-order valence-corrected chi connectivity index (χ1v) is 6.82. The van der Waals surface area contributed by atoms with Gasteiger partial charge in [0, 0.05) is 24.6 Å². The Morgan fingerprint density at radius 2 is 2.24 bits per heavy atom. The minimum Gasteiger partial charge on any atom is -0.351 e. The lowest BCUT2D eigenvalue weighted by atomic mass is 10.1. The van der Waals surface area contributed by atoms with E-state index in [4.69, 9.17) is 0 Å². The monoisotopic (exact) mass is 301 g/mol. The van der Waals surface area contributed by atoms with Gasteiger partial charge < -0.3 is 5.32 Å². The summed E-state index contributed by atoms with van der Waals surface area (Å²) < 4.78 is 1.68. The van der Waals surface area contributed by atoms with E-state index in [1.807, 2.05) is 14.0 Å². The predicted octanol–water partition coefficient (Wildman–Crippen LogP) is 2.13. The number of aromatic nitrogens is 2. The summed E-state index contributed by atoms with van der Waals surface area (Å²) in [4.78, 5) is 12.3. The largest absolute Gasteiger partial charge is 0.351 e. The summed E-state index contributed by atoms with van der Waals surface area (Å²) in [5, 5.41) is 7.19. The lowest BCUT2D eigenvalue weighted by molar-refractivity contribution is 0.0952. The maximum absolute atomic E-state index is 12.0. The van der Waals surface area contributed by atoms with Crippen LogP contribution in [0.4, 0.5) is 0 Å². The second-order valence-corrected chi connectivity index (χ2v) is 5.66. The summed E-state index contributed by atoms with van der Waals surface area (Å²) in [5.74, 6) is 0.454. The number of nitrogens with zero attached hydrogens (tertiary/aromatic N) is 2. The molecule has 0 saturated heterocycles. The molecule has 0 saturated carbocycles. The number of nitrogens with one attached hydrogen (secondary N) is 1. The molecule has 0 aliphatic rings. The molecule has 0 aliphatic carbocycles. The van der Waals surface area contributed by atoms with E-state index in [0.29, 0.717) is 22.9 Å². The van der Waals surface area contributed by atoms with Crippen molar-refractivity contribution in [3.8, 4) is 0 Å². The third kappa shape index (κ3) is 3.84. The minimum atomic E-state index is -0.0416. The van der Waals surface area contributed by atoms with Crippen LogP contribution in [0.5, 0.6) is 0 Å². The molecular weight excluding hydrogens is 282 g/mol. The molecule has 0 radical (unpaired) electrons. The summed E-state index contributed by atoms with van der Waals surface area (Å²) in [5.41, 5.74) is 1.53. The van der Waals surface area contributed by atoms with E-state index in [-0.39, 0.29) is 5.91 Å². The Bertz CT molecular complexity index is 387. The molecule has 1 heterocycles. The van der Waals surface area contributed by atoms with Crippen LogP contribution in [0.25, 0.3) is 0 Å². The Labute approximate surface area is 111 Å². The van der Waals surface area contributed by atoms with Crippen LogP contribution in [-0.4, -0.2) is 27.1 Å². The number of amides is 1. The van der Waals surface area contributed by atoms with Crippen molar-refractivity contribution >= 4 is 21.8 Å². The average Bonchev–Trinajstić information content (AvgIpc) is 2.66. The number of rotatable bonds is 5. The number of carbonyl (C=O) groups is 1. The van der Waals surface area contributed by atoms with Crippen molar-refractivity contribution in [2.45, 2.75) is 32.0 Å². The first-order chi connectivity index (χ1) is 7.95. The molecule has 1 atom stereocenters. The molecule has 1 amide bonds. The van der Waals surface area contributed by atoms with E-state index in [2.05, 4.69) is 40.2 Å². The summed E-state index contributed by atoms with van der Waals surface area (Å²) in [7, 11) is 1.83. The van der Waals surface area contributed by atoms with Crippen LogP contribution < -0.4 is 5.32 Å². The van der Waals surface area contributed by atoms with Crippen molar-refractivity contribution < 1.29 is 4.79 Å². The highest BCUT2D eigenvalue weighted by Gasteiger charge is 2.16. The second-order valence-electron chi connectivity index (χ2n) is 4.49. The van der Waals surface area contributed by atoms with Crippen molar-refractivity contribution in [1.82, 2.24) is 15.1 Å². The molecule has 1 N–H and O–H groups in total. The highest BCUT2D eigenvalue weighted by atomic mass is 79.9. The first-order valence-electron chi connectivity index (χ1n) is 5.90. The van der Waals surface area contributed by atoms with Gasteiger partial charge in [0.05, 0.1) is 11.3 Å². The van der Waals surface area contributed by atoms with E-state index in [1.165, 1.54) is 0 Å². The summed E-state index contributed by atoms with van der Waals surface area (Å²) >= 11 is 3.55. The van der Waals surface area contributed by atoms with E-state index >= 15 is 0 Å². The third-order valence-electron chi connectivity index (χ3n) is 2.67. The fraction of sp³-hybridized carbons (Fsp3) is 0.667. The molecule has 0 spiro atoms. The fourth-order valence-electron chi connectivity index (χ4n) is 1.51. The van der Waals surface area contributed by atoms with Gasteiger partial charge in [0.15, 0.2) is 0 Å². The van der Waals surface area contributed by atoms with Crippen molar-refractivity contribution in [3.63, 3.8) is 0 Å². The molecule has 17 heavy (non-hydrogen) atoms. The molecular formula is C12H20BrN3O. The first kappa shape index (κ1) is 14.2. The van der Waals surface area contributed by atoms with Crippen molar-refractivity contribution in [3.05, 3.63) is 17.5 Å². The van der Waals surface area contributed by atoms with Gasteiger partial charge in [-0.1, -0.05) is 36.7 Å². The van der Waals surface area contributed by atoms with Crippen LogP contribution in [0.3, 0.4) is 0 Å². The molecule has 0 aromatic carbocycles.